The van der Waals surface area contributed by atoms with Crippen LogP contribution in [0.5, 0.6) is 0 Å². The van der Waals surface area contributed by atoms with Gasteiger partial charge in [0.2, 0.25) is 0 Å². The van der Waals surface area contributed by atoms with E-state index in [1.165, 1.54) is 0 Å². The first kappa shape index (κ1) is 23.1. The molecule has 0 saturated heterocycles. The summed E-state index contributed by atoms with van der Waals surface area (Å²) >= 11 is 0. The summed E-state index contributed by atoms with van der Waals surface area (Å²) in [6.07, 6.45) is 0. The summed E-state index contributed by atoms with van der Waals surface area (Å²) in [5.41, 5.74) is -17.1. The monoisotopic (exact) mass is 459 g/mol. The minimum absolute atomic E-state index is 8.12. The quantitative estimate of drug-likeness (QED) is 0.456. The van der Waals surface area contributed by atoms with E-state index in [9.17, 15) is 79.7 Å². The third kappa shape index (κ3) is 1.46. The van der Waals surface area contributed by atoms with Gasteiger partial charge in [-0.1, -0.05) is 0 Å². The van der Waals surface area contributed by atoms with Crippen LogP contribution in [-0.4, -0.2) is 58.7 Å². The van der Waals surface area contributed by atoms with Crippen molar-refractivity contribution >= 4 is 0 Å². The summed E-state index contributed by atoms with van der Waals surface area (Å²) in [6, 6.07) is 0. The van der Waals surface area contributed by atoms with Crippen LogP contribution in [0, 0.1) is 0 Å². The maximum absolute atomic E-state index is 14.2. The molecule has 2 aliphatic rings. The Hall–Kier alpha value is -1.23. The first-order valence-corrected chi connectivity index (χ1v) is 6.17. The van der Waals surface area contributed by atoms with Gasteiger partial charge >= 0.3 is 47.3 Å². The summed E-state index contributed by atoms with van der Waals surface area (Å²) in [4.78, 5) is 0. The molecule has 165 valence electrons. The normalized spacial score (nSPS) is 46.5. The molecule has 0 aromatic heterocycles. The molecule has 0 spiro atoms. The molecule has 0 bridgehead atoms. The maximum atomic E-state index is 14.2. The smallest absolute Gasteiger partial charge is 0.226 e. The molecule has 1 radical (unpaired) electrons. The fourth-order valence-electron chi connectivity index (χ4n) is 2.93. The molecule has 1 nitrogen and oxygen atoms in total. The molecule has 18 heteroatoms. The Labute approximate surface area is 140 Å². The Balaban J connectivity index is 3.23. The molecule has 28 heavy (non-hydrogen) atoms. The molecule has 3 atom stereocenters. The van der Waals surface area contributed by atoms with Crippen molar-refractivity contribution in [3.05, 3.63) is 0 Å². The minimum atomic E-state index is -8.58. The molecule has 2 saturated carbocycles. The van der Waals surface area contributed by atoms with Crippen molar-refractivity contribution in [3.8, 4) is 0 Å². The zero-order chi connectivity index (χ0) is 23.0. The van der Waals surface area contributed by atoms with E-state index >= 15 is 0 Å². The van der Waals surface area contributed by atoms with E-state index in [0.717, 1.165) is 0 Å². The fraction of sp³-hybridized carbons (Fsp3) is 1.00. The lowest BCUT2D eigenvalue weighted by Gasteiger charge is -2.63. The molecule has 0 N–H and O–H groups in total. The maximum Gasteiger partial charge on any atom is 0.382 e. The highest BCUT2D eigenvalue weighted by Gasteiger charge is 3.15. The number of alkyl halides is 17. The Morgan fingerprint density at radius 3 is 0.786 bits per heavy atom. The van der Waals surface area contributed by atoms with Crippen LogP contribution < -0.4 is 0 Å². The number of halogens is 17. The van der Waals surface area contributed by atoms with Crippen molar-refractivity contribution in [2.24, 2.45) is 0 Å². The highest BCUT2D eigenvalue weighted by Crippen LogP contribution is 2.80. The molecule has 3 unspecified atom stereocenters. The van der Waals surface area contributed by atoms with Gasteiger partial charge in [0.15, 0.2) is 0 Å². The van der Waals surface area contributed by atoms with Gasteiger partial charge in [0, 0.05) is 0 Å². The van der Waals surface area contributed by atoms with E-state index in [4.69, 9.17) is 0 Å². The van der Waals surface area contributed by atoms with Crippen molar-refractivity contribution < 1.29 is 79.7 Å². The molecular formula is C10F17O. The second-order valence-corrected chi connectivity index (χ2v) is 5.93. The van der Waals surface area contributed by atoms with Gasteiger partial charge in [-0.3, -0.25) is 0 Å². The number of fused-ring (bicyclic) bond motifs is 1. The predicted molar refractivity (Wildman–Crippen MR) is 46.8 cm³/mol. The zero-order valence-corrected chi connectivity index (χ0v) is 11.8. The highest BCUT2D eigenvalue weighted by molar-refractivity contribution is 5.42. The average Bonchev–Trinajstić information content (AvgIpc) is 2.49. The van der Waals surface area contributed by atoms with Crippen LogP contribution in [0.15, 0.2) is 0 Å². The van der Waals surface area contributed by atoms with Crippen LogP contribution in [0.3, 0.4) is 0 Å². The van der Waals surface area contributed by atoms with E-state index in [-0.39, 0.29) is 0 Å². The van der Waals surface area contributed by atoms with Gasteiger partial charge in [0.25, 0.3) is 11.3 Å². The first-order valence-electron chi connectivity index (χ1n) is 6.17. The van der Waals surface area contributed by atoms with E-state index in [1.807, 2.05) is 0 Å². The van der Waals surface area contributed by atoms with Gasteiger partial charge in [0.1, 0.15) is 0 Å². The van der Waals surface area contributed by atoms with E-state index in [0.29, 0.717) is 0 Å². The van der Waals surface area contributed by atoms with Crippen molar-refractivity contribution in [2.45, 2.75) is 58.7 Å². The van der Waals surface area contributed by atoms with Crippen LogP contribution in [0.2, 0.25) is 0 Å². The Morgan fingerprint density at radius 2 is 0.500 bits per heavy atom. The molecule has 0 aromatic carbocycles. The van der Waals surface area contributed by atoms with Crippen molar-refractivity contribution in [2.75, 3.05) is 0 Å². The minimum Gasteiger partial charge on any atom is -0.226 e. The van der Waals surface area contributed by atoms with Gasteiger partial charge in [-0.15, -0.1) is 0 Å². The van der Waals surface area contributed by atoms with E-state index in [1.54, 1.807) is 0 Å². The fourth-order valence-corrected chi connectivity index (χ4v) is 2.93. The van der Waals surface area contributed by atoms with Gasteiger partial charge < -0.3 is 0 Å². The van der Waals surface area contributed by atoms with Gasteiger partial charge in [0.05, 0.1) is 0 Å². The second-order valence-electron chi connectivity index (χ2n) is 5.93. The molecule has 0 aliphatic heterocycles. The van der Waals surface area contributed by atoms with Crippen LogP contribution in [0.25, 0.3) is 0 Å². The van der Waals surface area contributed by atoms with E-state index in [2.05, 4.69) is 0 Å². The molecule has 2 aliphatic carbocycles. The SMILES string of the molecule is [O]C1(F)C(F)(F)C(F)(F)C(F)(F)C2(F)C(F)(F)C(F)(F)C(F)(F)C(F)(F)C12F. The van der Waals surface area contributed by atoms with Crippen LogP contribution >= 0.6 is 0 Å². The lowest BCUT2D eigenvalue weighted by Crippen LogP contribution is -2.99. The van der Waals surface area contributed by atoms with Crippen LogP contribution in [-0.2, 0) is 5.11 Å². The Kier molecular flexibility index (Phi) is 3.77. The van der Waals surface area contributed by atoms with Crippen molar-refractivity contribution in [3.63, 3.8) is 0 Å². The van der Waals surface area contributed by atoms with Crippen molar-refractivity contribution in [1.82, 2.24) is 0 Å². The number of rotatable bonds is 0. The van der Waals surface area contributed by atoms with Crippen LogP contribution in [0.1, 0.15) is 0 Å². The first-order chi connectivity index (χ1) is 11.8. The average molecular weight is 459 g/mol. The number of hydrogen-bond donors (Lipinski definition) is 0. The standard InChI is InChI=1S/C10F17O/c11-1-2(12,5(17,18)7(21,22)6(19,20)3(1,13)14)10(27,28)9(25,26)8(23,24)4(1,15)16. The van der Waals surface area contributed by atoms with Gasteiger partial charge in [-0.05, 0) is 0 Å². The summed E-state index contributed by atoms with van der Waals surface area (Å²) in [7, 11) is 0. The Bertz CT molecular complexity index is 593. The zero-order valence-electron chi connectivity index (χ0n) is 11.8. The molecule has 0 heterocycles. The van der Waals surface area contributed by atoms with Crippen LogP contribution in [0.4, 0.5) is 74.6 Å². The summed E-state index contributed by atoms with van der Waals surface area (Å²) in [6.45, 7) is 0. The Morgan fingerprint density at radius 1 is 0.286 bits per heavy atom. The second kappa shape index (κ2) is 4.58. The summed E-state index contributed by atoms with van der Waals surface area (Å²) in [5, 5.41) is 10.9. The van der Waals surface area contributed by atoms with Gasteiger partial charge in [-0.2, -0.15) is 71.0 Å². The molecule has 0 aromatic rings. The molecule has 2 fully saturated rings. The lowest BCUT2D eigenvalue weighted by atomic mass is 9.54. The van der Waals surface area contributed by atoms with E-state index < -0.39 is 58.7 Å². The third-order valence-electron chi connectivity index (χ3n) is 4.59. The topological polar surface area (TPSA) is 19.9 Å². The third-order valence-corrected chi connectivity index (χ3v) is 4.59. The summed E-state index contributed by atoms with van der Waals surface area (Å²) in [5.74, 6) is -66.2. The summed E-state index contributed by atoms with van der Waals surface area (Å²) < 4.78 is 228. The molecular weight excluding hydrogens is 459 g/mol. The number of hydrogen-bond acceptors (Lipinski definition) is 0. The lowest BCUT2D eigenvalue weighted by molar-refractivity contribution is -0.574. The molecule has 0 amide bonds. The van der Waals surface area contributed by atoms with Crippen molar-refractivity contribution in [1.29, 1.82) is 0 Å². The predicted octanol–water partition coefficient (Wildman–Crippen LogP) is 4.97. The highest BCUT2D eigenvalue weighted by atomic mass is 19.4. The molecule has 2 rings (SSSR count). The van der Waals surface area contributed by atoms with Gasteiger partial charge in [-0.25, -0.2) is 8.78 Å². The largest absolute Gasteiger partial charge is 0.382 e.